The Morgan fingerprint density at radius 3 is 2.89 bits per heavy atom. The first-order valence-corrected chi connectivity index (χ1v) is 6.48. The molecule has 0 aromatic carbocycles. The van der Waals surface area contributed by atoms with E-state index in [9.17, 15) is 4.79 Å². The first-order valence-electron chi connectivity index (χ1n) is 6.48. The SMILES string of the molecule is CCc1cc(N2C[C@@H](OC)C[C@H]2C(N)=O)nc(C)n1. The van der Waals surface area contributed by atoms with Gasteiger partial charge in [-0.3, -0.25) is 4.79 Å². The zero-order valence-electron chi connectivity index (χ0n) is 11.6. The fraction of sp³-hybridized carbons (Fsp3) is 0.615. The summed E-state index contributed by atoms with van der Waals surface area (Å²) in [6.07, 6.45) is 1.45. The van der Waals surface area contributed by atoms with Crippen LogP contribution in [0.2, 0.25) is 0 Å². The maximum atomic E-state index is 11.6. The number of anilines is 1. The van der Waals surface area contributed by atoms with Gasteiger partial charge in [0.15, 0.2) is 0 Å². The van der Waals surface area contributed by atoms with E-state index in [1.54, 1.807) is 7.11 Å². The Hall–Kier alpha value is -1.69. The number of hydrogen-bond donors (Lipinski definition) is 1. The van der Waals surface area contributed by atoms with Gasteiger partial charge in [0.2, 0.25) is 5.91 Å². The molecule has 2 heterocycles. The summed E-state index contributed by atoms with van der Waals surface area (Å²) in [5, 5.41) is 0. The van der Waals surface area contributed by atoms with Crippen LogP contribution in [-0.2, 0) is 16.0 Å². The number of ether oxygens (including phenoxy) is 1. The molecule has 1 amide bonds. The van der Waals surface area contributed by atoms with Gasteiger partial charge in [0, 0.05) is 31.8 Å². The summed E-state index contributed by atoms with van der Waals surface area (Å²) in [6.45, 7) is 4.52. The van der Waals surface area contributed by atoms with Gasteiger partial charge < -0.3 is 15.4 Å². The molecule has 0 spiro atoms. The molecule has 104 valence electrons. The van der Waals surface area contributed by atoms with Crippen molar-refractivity contribution in [1.29, 1.82) is 0 Å². The van der Waals surface area contributed by atoms with Crippen molar-refractivity contribution < 1.29 is 9.53 Å². The van der Waals surface area contributed by atoms with Gasteiger partial charge in [-0.05, 0) is 13.3 Å². The van der Waals surface area contributed by atoms with E-state index in [-0.39, 0.29) is 18.1 Å². The Labute approximate surface area is 113 Å². The van der Waals surface area contributed by atoms with E-state index < -0.39 is 0 Å². The molecule has 0 aliphatic carbocycles. The van der Waals surface area contributed by atoms with Crippen molar-refractivity contribution in [2.45, 2.75) is 38.8 Å². The van der Waals surface area contributed by atoms with Crippen LogP contribution in [0.5, 0.6) is 0 Å². The maximum absolute atomic E-state index is 11.6. The Morgan fingerprint density at radius 2 is 2.32 bits per heavy atom. The van der Waals surface area contributed by atoms with E-state index in [4.69, 9.17) is 10.5 Å². The van der Waals surface area contributed by atoms with Crippen molar-refractivity contribution in [3.8, 4) is 0 Å². The van der Waals surface area contributed by atoms with Gasteiger partial charge in [0.25, 0.3) is 0 Å². The lowest BCUT2D eigenvalue weighted by Gasteiger charge is -2.23. The van der Waals surface area contributed by atoms with Gasteiger partial charge in [0.1, 0.15) is 17.7 Å². The Morgan fingerprint density at radius 1 is 1.58 bits per heavy atom. The summed E-state index contributed by atoms with van der Waals surface area (Å²) in [5.41, 5.74) is 6.44. The maximum Gasteiger partial charge on any atom is 0.240 e. The smallest absolute Gasteiger partial charge is 0.240 e. The minimum absolute atomic E-state index is 0.0119. The molecule has 1 aromatic rings. The van der Waals surface area contributed by atoms with Crippen molar-refractivity contribution >= 4 is 11.7 Å². The third-order valence-electron chi connectivity index (χ3n) is 3.46. The minimum atomic E-state index is -0.357. The molecule has 0 unspecified atom stereocenters. The fourth-order valence-corrected chi connectivity index (χ4v) is 2.43. The monoisotopic (exact) mass is 264 g/mol. The summed E-state index contributed by atoms with van der Waals surface area (Å²) < 4.78 is 5.34. The number of nitrogens with two attached hydrogens (primary N) is 1. The van der Waals surface area contributed by atoms with Gasteiger partial charge in [0.05, 0.1) is 6.10 Å². The van der Waals surface area contributed by atoms with Crippen LogP contribution in [0.15, 0.2) is 6.07 Å². The fourth-order valence-electron chi connectivity index (χ4n) is 2.43. The second-order valence-electron chi connectivity index (χ2n) is 4.78. The van der Waals surface area contributed by atoms with E-state index in [2.05, 4.69) is 9.97 Å². The number of nitrogens with zero attached hydrogens (tertiary/aromatic N) is 3. The van der Waals surface area contributed by atoms with Crippen LogP contribution in [-0.4, -0.2) is 41.7 Å². The number of hydrogen-bond acceptors (Lipinski definition) is 5. The lowest BCUT2D eigenvalue weighted by Crippen LogP contribution is -2.41. The number of rotatable bonds is 4. The number of methoxy groups -OCH3 is 1. The number of amides is 1. The highest BCUT2D eigenvalue weighted by Gasteiger charge is 2.36. The van der Waals surface area contributed by atoms with E-state index in [1.165, 1.54) is 0 Å². The quantitative estimate of drug-likeness (QED) is 0.852. The molecule has 0 saturated carbocycles. The Kier molecular flexibility index (Phi) is 3.99. The van der Waals surface area contributed by atoms with Crippen LogP contribution in [0.25, 0.3) is 0 Å². The molecule has 2 rings (SSSR count). The van der Waals surface area contributed by atoms with Crippen molar-refractivity contribution in [3.05, 3.63) is 17.6 Å². The Bertz CT molecular complexity index is 478. The number of primary amides is 1. The molecule has 1 aromatic heterocycles. The third kappa shape index (κ3) is 2.84. The molecule has 0 radical (unpaired) electrons. The van der Waals surface area contributed by atoms with E-state index in [0.29, 0.717) is 18.8 Å². The summed E-state index contributed by atoms with van der Waals surface area (Å²) in [6, 6.07) is 1.56. The predicted octanol–water partition coefficient (Wildman–Crippen LogP) is 0.426. The molecule has 2 atom stereocenters. The predicted molar refractivity (Wildman–Crippen MR) is 71.9 cm³/mol. The number of carbonyl (C=O) groups is 1. The van der Waals surface area contributed by atoms with Crippen molar-refractivity contribution in [2.24, 2.45) is 5.73 Å². The number of carbonyl (C=O) groups excluding carboxylic acids is 1. The van der Waals surface area contributed by atoms with E-state index >= 15 is 0 Å². The average molecular weight is 264 g/mol. The summed E-state index contributed by atoms with van der Waals surface area (Å²) in [4.78, 5) is 22.3. The zero-order valence-corrected chi connectivity index (χ0v) is 11.6. The molecule has 1 aliphatic rings. The van der Waals surface area contributed by atoms with Crippen LogP contribution in [0.4, 0.5) is 5.82 Å². The molecule has 1 fully saturated rings. The zero-order chi connectivity index (χ0) is 14.0. The first kappa shape index (κ1) is 13.7. The van der Waals surface area contributed by atoms with Crippen LogP contribution in [0.3, 0.4) is 0 Å². The molecule has 2 N–H and O–H groups in total. The Balaban J connectivity index is 2.33. The van der Waals surface area contributed by atoms with Crippen molar-refractivity contribution in [3.63, 3.8) is 0 Å². The van der Waals surface area contributed by atoms with Gasteiger partial charge in [-0.25, -0.2) is 9.97 Å². The van der Waals surface area contributed by atoms with Gasteiger partial charge >= 0.3 is 0 Å². The van der Waals surface area contributed by atoms with Gasteiger partial charge in [-0.1, -0.05) is 6.92 Å². The molecule has 1 aliphatic heterocycles. The van der Waals surface area contributed by atoms with Crippen LogP contribution < -0.4 is 10.6 Å². The van der Waals surface area contributed by atoms with Crippen LogP contribution >= 0.6 is 0 Å². The molecule has 6 heteroatoms. The molecular weight excluding hydrogens is 244 g/mol. The summed E-state index contributed by atoms with van der Waals surface area (Å²) >= 11 is 0. The molecule has 6 nitrogen and oxygen atoms in total. The standard InChI is InChI=1S/C13H20N4O2/c1-4-9-5-12(16-8(2)15-9)17-7-10(19-3)6-11(17)13(14)18/h5,10-11H,4,6-7H2,1-3H3,(H2,14,18)/t10-,11-/m0/s1. The molecule has 1 saturated heterocycles. The second kappa shape index (κ2) is 5.52. The van der Waals surface area contributed by atoms with Crippen molar-refractivity contribution in [1.82, 2.24) is 9.97 Å². The molecule has 19 heavy (non-hydrogen) atoms. The van der Waals surface area contributed by atoms with E-state index in [1.807, 2.05) is 24.8 Å². The molecule has 0 bridgehead atoms. The number of aromatic nitrogens is 2. The normalized spacial score (nSPS) is 22.8. The average Bonchev–Trinajstić information content (AvgIpc) is 2.82. The first-order chi connectivity index (χ1) is 9.05. The summed E-state index contributed by atoms with van der Waals surface area (Å²) in [7, 11) is 1.65. The van der Waals surface area contributed by atoms with Crippen LogP contribution in [0, 0.1) is 6.92 Å². The van der Waals surface area contributed by atoms with Crippen LogP contribution in [0.1, 0.15) is 24.9 Å². The number of aryl methyl sites for hydroxylation is 2. The van der Waals surface area contributed by atoms with Crippen molar-refractivity contribution in [2.75, 3.05) is 18.6 Å². The minimum Gasteiger partial charge on any atom is -0.380 e. The highest BCUT2D eigenvalue weighted by molar-refractivity contribution is 5.84. The third-order valence-corrected chi connectivity index (χ3v) is 3.46. The van der Waals surface area contributed by atoms with Gasteiger partial charge in [-0.2, -0.15) is 0 Å². The highest BCUT2D eigenvalue weighted by atomic mass is 16.5. The highest BCUT2D eigenvalue weighted by Crippen LogP contribution is 2.26. The largest absolute Gasteiger partial charge is 0.380 e. The second-order valence-corrected chi connectivity index (χ2v) is 4.78. The molecular formula is C13H20N4O2. The topological polar surface area (TPSA) is 81.3 Å². The lowest BCUT2D eigenvalue weighted by atomic mass is 10.2. The van der Waals surface area contributed by atoms with Gasteiger partial charge in [-0.15, -0.1) is 0 Å². The summed E-state index contributed by atoms with van der Waals surface area (Å²) in [5.74, 6) is 1.13. The van der Waals surface area contributed by atoms with E-state index in [0.717, 1.165) is 17.9 Å². The lowest BCUT2D eigenvalue weighted by molar-refractivity contribution is -0.119.